The smallest absolute Gasteiger partial charge is 0.410 e. The van der Waals surface area contributed by atoms with Crippen molar-refractivity contribution in [2.75, 3.05) is 13.1 Å². The Morgan fingerprint density at radius 2 is 1.67 bits per heavy atom. The number of sulfonamides is 1. The van der Waals surface area contributed by atoms with Crippen molar-refractivity contribution in [1.29, 1.82) is 0 Å². The van der Waals surface area contributed by atoms with Crippen LogP contribution in [0.2, 0.25) is 10.0 Å². The van der Waals surface area contributed by atoms with Crippen LogP contribution in [0.15, 0.2) is 53.4 Å². The number of hydrogen-bond donors (Lipinski definition) is 2. The van der Waals surface area contributed by atoms with E-state index in [1.54, 1.807) is 30.3 Å². The van der Waals surface area contributed by atoms with E-state index in [1.165, 1.54) is 18.2 Å². The van der Waals surface area contributed by atoms with Gasteiger partial charge in [0.1, 0.15) is 5.75 Å². The number of carbonyl (C=O) groups is 2. The van der Waals surface area contributed by atoms with Crippen LogP contribution in [0.5, 0.6) is 5.75 Å². The molecule has 0 aromatic heterocycles. The largest absolute Gasteiger partial charge is 0.416 e. The zero-order valence-corrected chi connectivity index (χ0v) is 21.8. The van der Waals surface area contributed by atoms with E-state index in [1.807, 2.05) is 0 Å². The Morgan fingerprint density at radius 1 is 0.972 bits per heavy atom. The molecular formula is C24H28Cl2N4O5S. The molecule has 2 fully saturated rings. The maximum Gasteiger partial charge on any atom is 0.416 e. The molecule has 12 heteroatoms. The molecule has 2 aromatic rings. The monoisotopic (exact) mass is 554 g/mol. The van der Waals surface area contributed by atoms with E-state index in [9.17, 15) is 18.0 Å². The topological polar surface area (TPSA) is 122 Å². The number of carbonyl (C=O) groups excluding carboxylic acids is 2. The lowest BCUT2D eigenvalue weighted by atomic mass is 9.92. The Labute approximate surface area is 220 Å². The molecule has 0 radical (unpaired) electrons. The average molecular weight is 555 g/mol. The van der Waals surface area contributed by atoms with E-state index in [-0.39, 0.29) is 45.9 Å². The van der Waals surface area contributed by atoms with Gasteiger partial charge in [-0.3, -0.25) is 9.69 Å². The number of benzene rings is 2. The summed E-state index contributed by atoms with van der Waals surface area (Å²) in [5, 5.41) is 3.20. The minimum absolute atomic E-state index is 0.0331. The first-order chi connectivity index (χ1) is 17.2. The molecule has 194 valence electrons. The van der Waals surface area contributed by atoms with Gasteiger partial charge in [0.2, 0.25) is 10.0 Å². The van der Waals surface area contributed by atoms with Crippen LogP contribution in [0.4, 0.5) is 4.79 Å². The molecule has 4 rings (SSSR count). The number of rotatable bonds is 5. The van der Waals surface area contributed by atoms with Gasteiger partial charge in [-0.2, -0.15) is 4.31 Å². The van der Waals surface area contributed by atoms with Gasteiger partial charge in [-0.15, -0.1) is 0 Å². The standard InChI is InChI=1S/C24H28Cl2N4O5S/c25-20-12-11-19(15-21(20)26)36(33,34)30-14-4-13-29(24(32)35-18-5-2-1-3-6-18)23(30)22(31)28-17-9-7-16(27)8-10-17/h1-3,5-6,11-12,15-17,23H,4,7-10,13-14,27H2,(H,28,31). The summed E-state index contributed by atoms with van der Waals surface area (Å²) >= 11 is 12.1. The van der Waals surface area contributed by atoms with Crippen LogP contribution in [-0.2, 0) is 14.8 Å². The van der Waals surface area contributed by atoms with E-state index in [4.69, 9.17) is 33.7 Å². The second kappa shape index (κ2) is 11.4. The average Bonchev–Trinajstić information content (AvgIpc) is 2.87. The van der Waals surface area contributed by atoms with Gasteiger partial charge in [0.05, 0.1) is 14.9 Å². The number of halogens is 2. The summed E-state index contributed by atoms with van der Waals surface area (Å²) in [4.78, 5) is 27.8. The minimum atomic E-state index is -4.22. The van der Waals surface area contributed by atoms with Gasteiger partial charge in [-0.05, 0) is 62.4 Å². The van der Waals surface area contributed by atoms with Crippen LogP contribution in [0.25, 0.3) is 0 Å². The third-order valence-electron chi connectivity index (χ3n) is 6.38. The van der Waals surface area contributed by atoms with Gasteiger partial charge in [-0.25, -0.2) is 13.2 Å². The van der Waals surface area contributed by atoms with Crippen molar-refractivity contribution in [1.82, 2.24) is 14.5 Å². The molecule has 1 saturated carbocycles. The Balaban J connectivity index is 1.65. The predicted octanol–water partition coefficient (Wildman–Crippen LogP) is 3.60. The highest BCUT2D eigenvalue weighted by molar-refractivity contribution is 7.89. The Hall–Kier alpha value is -2.37. The van der Waals surface area contributed by atoms with E-state index in [2.05, 4.69) is 5.32 Å². The van der Waals surface area contributed by atoms with Crippen LogP contribution < -0.4 is 15.8 Å². The van der Waals surface area contributed by atoms with Crippen molar-refractivity contribution < 1.29 is 22.7 Å². The summed E-state index contributed by atoms with van der Waals surface area (Å²) in [7, 11) is -4.22. The maximum atomic E-state index is 13.7. The van der Waals surface area contributed by atoms with Crippen molar-refractivity contribution >= 4 is 45.2 Å². The molecule has 2 amide bonds. The van der Waals surface area contributed by atoms with Crippen molar-refractivity contribution in [3.8, 4) is 5.75 Å². The first-order valence-corrected chi connectivity index (χ1v) is 13.9. The van der Waals surface area contributed by atoms with Crippen LogP contribution in [0.3, 0.4) is 0 Å². The SMILES string of the molecule is NC1CCC(NC(=O)C2N(C(=O)Oc3ccccc3)CCCN2S(=O)(=O)c2ccc(Cl)c(Cl)c2)CC1. The van der Waals surface area contributed by atoms with Crippen molar-refractivity contribution in [2.24, 2.45) is 5.73 Å². The summed E-state index contributed by atoms with van der Waals surface area (Å²) in [6.45, 7) is 0.179. The van der Waals surface area contributed by atoms with Crippen LogP contribution in [0, 0.1) is 0 Å². The van der Waals surface area contributed by atoms with Crippen molar-refractivity contribution in [3.63, 3.8) is 0 Å². The molecular weight excluding hydrogens is 527 g/mol. The molecule has 1 aliphatic carbocycles. The zero-order valence-electron chi connectivity index (χ0n) is 19.5. The summed E-state index contributed by atoms with van der Waals surface area (Å²) in [6, 6.07) is 12.2. The highest BCUT2D eigenvalue weighted by atomic mass is 35.5. The third kappa shape index (κ3) is 5.95. The number of para-hydroxylation sites is 1. The predicted molar refractivity (Wildman–Crippen MR) is 136 cm³/mol. The Kier molecular flexibility index (Phi) is 8.41. The first kappa shape index (κ1) is 26.7. The fourth-order valence-corrected chi connectivity index (χ4v) is 6.45. The lowest BCUT2D eigenvalue weighted by Gasteiger charge is -2.41. The molecule has 0 spiro atoms. The molecule has 1 heterocycles. The van der Waals surface area contributed by atoms with Gasteiger partial charge in [0, 0.05) is 25.2 Å². The van der Waals surface area contributed by atoms with Crippen molar-refractivity contribution in [2.45, 2.75) is 55.2 Å². The van der Waals surface area contributed by atoms with Gasteiger partial charge in [0.15, 0.2) is 6.17 Å². The number of nitrogens with one attached hydrogen (secondary N) is 1. The number of nitrogens with two attached hydrogens (primary N) is 1. The fourth-order valence-electron chi connectivity index (χ4n) is 4.47. The summed E-state index contributed by atoms with van der Waals surface area (Å²) < 4.78 is 33.8. The van der Waals surface area contributed by atoms with E-state index < -0.39 is 28.2 Å². The summed E-state index contributed by atoms with van der Waals surface area (Å²) in [6.07, 6.45) is 0.904. The summed E-state index contributed by atoms with van der Waals surface area (Å²) in [5.41, 5.74) is 5.98. The molecule has 2 aliphatic rings. The second-order valence-corrected chi connectivity index (χ2v) is 11.6. The number of nitrogens with zero attached hydrogens (tertiary/aromatic N) is 2. The second-order valence-electron chi connectivity index (χ2n) is 8.91. The van der Waals surface area contributed by atoms with E-state index >= 15 is 0 Å². The molecule has 1 unspecified atom stereocenters. The van der Waals surface area contributed by atoms with Gasteiger partial charge in [-0.1, -0.05) is 41.4 Å². The molecule has 1 aliphatic heterocycles. The zero-order chi connectivity index (χ0) is 25.9. The molecule has 0 bridgehead atoms. The van der Waals surface area contributed by atoms with Gasteiger partial charge < -0.3 is 15.8 Å². The quantitative estimate of drug-likeness (QED) is 0.582. The Bertz CT molecular complexity index is 1210. The normalized spacial score (nSPS) is 23.2. The lowest BCUT2D eigenvalue weighted by molar-refractivity contribution is -0.132. The van der Waals surface area contributed by atoms with Crippen LogP contribution in [-0.4, -0.2) is 61.0 Å². The molecule has 1 atom stereocenters. The lowest BCUT2D eigenvalue weighted by Crippen LogP contribution is -2.64. The molecule has 36 heavy (non-hydrogen) atoms. The highest BCUT2D eigenvalue weighted by Crippen LogP contribution is 2.30. The summed E-state index contributed by atoms with van der Waals surface area (Å²) in [5.74, 6) is -0.309. The van der Waals surface area contributed by atoms with Crippen molar-refractivity contribution in [3.05, 3.63) is 58.6 Å². The maximum absolute atomic E-state index is 13.7. The molecule has 3 N–H and O–H groups in total. The number of amides is 2. The van der Waals surface area contributed by atoms with Gasteiger partial charge >= 0.3 is 6.09 Å². The van der Waals surface area contributed by atoms with Crippen LogP contribution in [0.1, 0.15) is 32.1 Å². The fraction of sp³-hybridized carbons (Fsp3) is 0.417. The third-order valence-corrected chi connectivity index (χ3v) is 8.97. The van der Waals surface area contributed by atoms with Crippen LogP contribution >= 0.6 is 23.2 Å². The van der Waals surface area contributed by atoms with Gasteiger partial charge in [0.25, 0.3) is 5.91 Å². The van der Waals surface area contributed by atoms with E-state index in [0.717, 1.165) is 22.0 Å². The highest BCUT2D eigenvalue weighted by Gasteiger charge is 2.45. The molecule has 9 nitrogen and oxygen atoms in total. The molecule has 2 aromatic carbocycles. The first-order valence-electron chi connectivity index (χ1n) is 11.7. The molecule has 1 saturated heterocycles. The van der Waals surface area contributed by atoms with E-state index in [0.29, 0.717) is 19.3 Å². The minimum Gasteiger partial charge on any atom is -0.410 e. The number of ether oxygens (including phenoxy) is 1. The number of hydrogen-bond acceptors (Lipinski definition) is 6. The Morgan fingerprint density at radius 3 is 2.33 bits per heavy atom.